The van der Waals surface area contributed by atoms with E-state index in [4.69, 9.17) is 0 Å². The molecule has 2 aromatic rings. The summed E-state index contributed by atoms with van der Waals surface area (Å²) >= 11 is 0.908. The van der Waals surface area contributed by atoms with E-state index in [9.17, 15) is 14.4 Å². The Hall–Kier alpha value is -2.64. The normalized spacial score (nSPS) is 20.2. The number of thioether (sulfide) groups is 1. The van der Waals surface area contributed by atoms with E-state index < -0.39 is 5.25 Å². The second kappa shape index (κ2) is 8.80. The Labute approximate surface area is 174 Å². The number of carbonyl (C=O) groups excluding carboxylic acids is 3. The highest BCUT2D eigenvalue weighted by atomic mass is 32.2. The Morgan fingerprint density at radius 2 is 1.48 bits per heavy atom. The van der Waals surface area contributed by atoms with Crippen molar-refractivity contribution in [1.82, 2.24) is 15.1 Å². The maximum Gasteiger partial charge on any atom is 0.286 e. The highest BCUT2D eigenvalue weighted by molar-refractivity contribution is 8.15. The number of hydrogen-bond donors (Lipinski definition) is 1. The smallest absolute Gasteiger partial charge is 0.286 e. The van der Waals surface area contributed by atoms with Gasteiger partial charge >= 0.3 is 0 Å². The summed E-state index contributed by atoms with van der Waals surface area (Å²) in [5.41, 5.74) is 2.46. The van der Waals surface area contributed by atoms with Gasteiger partial charge in [-0.05, 0) is 11.1 Å². The molecule has 0 spiro atoms. The lowest BCUT2D eigenvalue weighted by molar-refractivity contribution is -0.134. The number of piperazine rings is 1. The third kappa shape index (κ3) is 4.52. The Bertz CT molecular complexity index is 843. The van der Waals surface area contributed by atoms with Gasteiger partial charge < -0.3 is 4.90 Å². The summed E-state index contributed by atoms with van der Waals surface area (Å²) in [7, 11) is 0. The van der Waals surface area contributed by atoms with Crippen LogP contribution in [-0.2, 0) is 9.59 Å². The fourth-order valence-electron chi connectivity index (χ4n) is 3.93. The Kier molecular flexibility index (Phi) is 5.97. The number of hydrogen-bond acceptors (Lipinski definition) is 5. The van der Waals surface area contributed by atoms with Gasteiger partial charge in [0.25, 0.3) is 5.24 Å². The SMILES string of the molecule is O=C1NC(=O)C(CC(=O)N2CCN(C(c3ccccc3)c3ccccc3)CC2)S1. The van der Waals surface area contributed by atoms with Crippen LogP contribution in [0.1, 0.15) is 23.6 Å². The average Bonchev–Trinajstić information content (AvgIpc) is 3.07. The van der Waals surface area contributed by atoms with Gasteiger partial charge in [-0.2, -0.15) is 0 Å². The Morgan fingerprint density at radius 3 is 1.97 bits per heavy atom. The molecule has 2 heterocycles. The van der Waals surface area contributed by atoms with Crippen molar-refractivity contribution in [1.29, 1.82) is 0 Å². The van der Waals surface area contributed by atoms with Crippen LogP contribution in [0.2, 0.25) is 0 Å². The van der Waals surface area contributed by atoms with Crippen LogP contribution in [0.5, 0.6) is 0 Å². The van der Waals surface area contributed by atoms with E-state index in [1.165, 1.54) is 11.1 Å². The molecule has 2 aromatic carbocycles. The summed E-state index contributed by atoms with van der Waals surface area (Å²) in [5, 5.41) is 1.27. The van der Waals surface area contributed by atoms with Gasteiger partial charge in [0.2, 0.25) is 11.8 Å². The van der Waals surface area contributed by atoms with Crippen LogP contribution >= 0.6 is 11.8 Å². The summed E-state index contributed by atoms with van der Waals surface area (Å²) in [6.07, 6.45) is 0.0725. The highest BCUT2D eigenvalue weighted by Gasteiger charge is 2.35. The largest absolute Gasteiger partial charge is 0.340 e. The lowest BCUT2D eigenvalue weighted by Gasteiger charge is -2.40. The average molecular weight is 410 g/mol. The van der Waals surface area contributed by atoms with E-state index in [2.05, 4.69) is 58.7 Å². The van der Waals surface area contributed by atoms with Crippen LogP contribution in [0, 0.1) is 0 Å². The summed E-state index contributed by atoms with van der Waals surface area (Å²) in [6.45, 7) is 2.73. The van der Waals surface area contributed by atoms with Crippen molar-refractivity contribution >= 4 is 28.8 Å². The van der Waals surface area contributed by atoms with Crippen LogP contribution in [0.4, 0.5) is 4.79 Å². The van der Waals surface area contributed by atoms with Crippen molar-refractivity contribution in [2.45, 2.75) is 17.7 Å². The second-order valence-corrected chi connectivity index (χ2v) is 8.40. The molecule has 0 aliphatic carbocycles. The molecule has 4 rings (SSSR count). The van der Waals surface area contributed by atoms with Crippen LogP contribution in [-0.4, -0.2) is 58.3 Å². The molecule has 2 saturated heterocycles. The zero-order valence-corrected chi connectivity index (χ0v) is 16.8. The van der Waals surface area contributed by atoms with Crippen molar-refractivity contribution in [3.63, 3.8) is 0 Å². The van der Waals surface area contributed by atoms with Gasteiger partial charge in [-0.1, -0.05) is 72.4 Å². The van der Waals surface area contributed by atoms with Crippen molar-refractivity contribution in [2.75, 3.05) is 26.2 Å². The molecule has 150 valence electrons. The van der Waals surface area contributed by atoms with E-state index in [1.54, 1.807) is 4.90 Å². The van der Waals surface area contributed by atoms with Gasteiger partial charge in [-0.3, -0.25) is 24.6 Å². The van der Waals surface area contributed by atoms with Crippen molar-refractivity contribution < 1.29 is 14.4 Å². The second-order valence-electron chi connectivity index (χ2n) is 7.23. The molecule has 7 heteroatoms. The number of rotatable bonds is 5. The molecule has 0 bridgehead atoms. The van der Waals surface area contributed by atoms with Crippen molar-refractivity contribution in [3.8, 4) is 0 Å². The quantitative estimate of drug-likeness (QED) is 0.822. The number of benzene rings is 2. The van der Waals surface area contributed by atoms with Gasteiger partial charge in [0.15, 0.2) is 0 Å². The Morgan fingerprint density at radius 1 is 0.931 bits per heavy atom. The predicted molar refractivity (Wildman–Crippen MR) is 112 cm³/mol. The molecular weight excluding hydrogens is 386 g/mol. The van der Waals surface area contributed by atoms with Gasteiger partial charge in [0.1, 0.15) is 5.25 Å². The minimum atomic E-state index is -0.602. The maximum atomic E-state index is 12.6. The molecule has 1 N–H and O–H groups in total. The zero-order chi connectivity index (χ0) is 20.2. The fraction of sp³-hybridized carbons (Fsp3) is 0.318. The number of carbonyl (C=O) groups is 3. The van der Waals surface area contributed by atoms with E-state index in [1.807, 2.05) is 12.1 Å². The molecule has 0 saturated carbocycles. The number of amides is 3. The number of imide groups is 1. The lowest BCUT2D eigenvalue weighted by Crippen LogP contribution is -2.50. The monoisotopic (exact) mass is 409 g/mol. The molecule has 1 atom stereocenters. The molecular formula is C22H23N3O3S. The molecule has 6 nitrogen and oxygen atoms in total. The molecule has 0 radical (unpaired) electrons. The summed E-state index contributed by atoms with van der Waals surface area (Å²) in [4.78, 5) is 39.9. The summed E-state index contributed by atoms with van der Waals surface area (Å²) in [6, 6.07) is 21.0. The van der Waals surface area contributed by atoms with Gasteiger partial charge in [-0.15, -0.1) is 0 Å². The molecule has 2 fully saturated rings. The predicted octanol–water partition coefficient (Wildman–Crippen LogP) is 2.66. The highest BCUT2D eigenvalue weighted by Crippen LogP contribution is 2.30. The van der Waals surface area contributed by atoms with Crippen molar-refractivity contribution in [3.05, 3.63) is 71.8 Å². The molecule has 29 heavy (non-hydrogen) atoms. The minimum absolute atomic E-state index is 0.0667. The molecule has 1 unspecified atom stereocenters. The first-order chi connectivity index (χ1) is 14.1. The third-order valence-electron chi connectivity index (χ3n) is 5.39. The first kappa shape index (κ1) is 19.7. The van der Waals surface area contributed by atoms with E-state index in [-0.39, 0.29) is 29.5 Å². The minimum Gasteiger partial charge on any atom is -0.340 e. The van der Waals surface area contributed by atoms with E-state index in [0.717, 1.165) is 24.9 Å². The van der Waals surface area contributed by atoms with Crippen molar-refractivity contribution in [2.24, 2.45) is 0 Å². The first-order valence-electron chi connectivity index (χ1n) is 9.75. The first-order valence-corrected chi connectivity index (χ1v) is 10.6. The van der Waals surface area contributed by atoms with Crippen LogP contribution < -0.4 is 5.32 Å². The third-order valence-corrected chi connectivity index (χ3v) is 6.37. The lowest BCUT2D eigenvalue weighted by atomic mass is 9.96. The molecule has 0 aromatic heterocycles. The molecule has 3 amide bonds. The maximum absolute atomic E-state index is 12.6. The van der Waals surface area contributed by atoms with Crippen LogP contribution in [0.3, 0.4) is 0 Å². The van der Waals surface area contributed by atoms with Gasteiger partial charge in [0.05, 0.1) is 6.04 Å². The van der Waals surface area contributed by atoms with E-state index in [0.29, 0.717) is 13.1 Å². The van der Waals surface area contributed by atoms with Gasteiger partial charge in [-0.25, -0.2) is 0 Å². The molecule has 2 aliphatic heterocycles. The van der Waals surface area contributed by atoms with Gasteiger partial charge in [0, 0.05) is 32.6 Å². The summed E-state index contributed by atoms with van der Waals surface area (Å²) < 4.78 is 0. The molecule has 2 aliphatic rings. The fourth-order valence-corrected chi connectivity index (χ4v) is 4.74. The standard InChI is InChI=1S/C22H23N3O3S/c26-19(15-18-21(27)23-22(28)29-18)24-11-13-25(14-12-24)20(16-7-3-1-4-8-16)17-9-5-2-6-10-17/h1-10,18,20H,11-15H2,(H,23,27,28). The van der Waals surface area contributed by atoms with Crippen LogP contribution in [0.25, 0.3) is 0 Å². The number of nitrogens with zero attached hydrogens (tertiary/aromatic N) is 2. The topological polar surface area (TPSA) is 69.7 Å². The van der Waals surface area contributed by atoms with E-state index >= 15 is 0 Å². The number of nitrogens with one attached hydrogen (secondary N) is 1. The summed E-state index contributed by atoms with van der Waals surface area (Å²) in [5.74, 6) is -0.428. The Balaban J connectivity index is 1.42. The van der Waals surface area contributed by atoms with Crippen LogP contribution in [0.15, 0.2) is 60.7 Å². The zero-order valence-electron chi connectivity index (χ0n) is 16.0.